The van der Waals surface area contributed by atoms with Gasteiger partial charge in [-0.15, -0.1) is 0 Å². The molecule has 2 atom stereocenters. The van der Waals surface area contributed by atoms with Crippen molar-refractivity contribution in [3.63, 3.8) is 0 Å². The van der Waals surface area contributed by atoms with E-state index in [9.17, 15) is 4.79 Å². The molecule has 0 aliphatic rings. The molecule has 3 heteroatoms. The standard InChI is InChI=1S/C14H30N2O/c1-6-12(11(4)5)8-14(17)16-13(9-15)7-10(2)3/h10-13H,6-9,15H2,1-5H3,(H,16,17). The SMILES string of the molecule is CCC(CC(=O)NC(CN)CC(C)C)C(C)C. The van der Waals surface area contributed by atoms with Gasteiger partial charge < -0.3 is 11.1 Å². The first-order valence-corrected chi connectivity index (χ1v) is 6.90. The van der Waals surface area contributed by atoms with Crippen LogP contribution in [0.3, 0.4) is 0 Å². The van der Waals surface area contributed by atoms with Gasteiger partial charge in [0.15, 0.2) is 0 Å². The predicted octanol–water partition coefficient (Wildman–Crippen LogP) is 2.55. The normalized spacial score (nSPS) is 15.1. The van der Waals surface area contributed by atoms with Crippen LogP contribution in [0.15, 0.2) is 0 Å². The summed E-state index contributed by atoms with van der Waals surface area (Å²) in [5.41, 5.74) is 5.68. The molecule has 3 N–H and O–H groups in total. The van der Waals surface area contributed by atoms with Gasteiger partial charge in [-0.05, 0) is 24.2 Å². The fourth-order valence-electron chi connectivity index (χ4n) is 2.16. The third-order valence-corrected chi connectivity index (χ3v) is 3.32. The van der Waals surface area contributed by atoms with E-state index >= 15 is 0 Å². The van der Waals surface area contributed by atoms with E-state index in [4.69, 9.17) is 5.73 Å². The van der Waals surface area contributed by atoms with Gasteiger partial charge in [-0.25, -0.2) is 0 Å². The highest BCUT2D eigenvalue weighted by Gasteiger charge is 2.18. The van der Waals surface area contributed by atoms with Gasteiger partial charge >= 0.3 is 0 Å². The second-order valence-electron chi connectivity index (χ2n) is 5.75. The van der Waals surface area contributed by atoms with Gasteiger partial charge in [-0.3, -0.25) is 4.79 Å². The maximum Gasteiger partial charge on any atom is 0.220 e. The molecule has 0 aromatic heterocycles. The number of nitrogens with one attached hydrogen (secondary N) is 1. The molecule has 0 bridgehead atoms. The van der Waals surface area contributed by atoms with Crippen LogP contribution in [0.1, 0.15) is 53.9 Å². The summed E-state index contributed by atoms with van der Waals surface area (Å²) >= 11 is 0. The van der Waals surface area contributed by atoms with Crippen LogP contribution >= 0.6 is 0 Å². The number of hydrogen-bond donors (Lipinski definition) is 2. The molecule has 0 aliphatic carbocycles. The van der Waals surface area contributed by atoms with Crippen molar-refractivity contribution in [2.24, 2.45) is 23.5 Å². The summed E-state index contributed by atoms with van der Waals surface area (Å²) in [4.78, 5) is 11.9. The molecule has 0 saturated heterocycles. The van der Waals surface area contributed by atoms with Crippen LogP contribution < -0.4 is 11.1 Å². The van der Waals surface area contributed by atoms with E-state index in [2.05, 4.69) is 39.9 Å². The second-order valence-corrected chi connectivity index (χ2v) is 5.75. The zero-order valence-electron chi connectivity index (χ0n) is 12.1. The Labute approximate surface area is 107 Å². The zero-order chi connectivity index (χ0) is 13.4. The van der Waals surface area contributed by atoms with Gasteiger partial charge in [0, 0.05) is 19.0 Å². The third-order valence-electron chi connectivity index (χ3n) is 3.32. The summed E-state index contributed by atoms with van der Waals surface area (Å²) in [6, 6.07) is 0.132. The van der Waals surface area contributed by atoms with Crippen molar-refractivity contribution in [3.05, 3.63) is 0 Å². The molecule has 0 aliphatic heterocycles. The van der Waals surface area contributed by atoms with Crippen molar-refractivity contribution in [1.29, 1.82) is 0 Å². The molecule has 1 amide bonds. The molecule has 102 valence electrons. The molecule has 0 radical (unpaired) electrons. The molecule has 0 fully saturated rings. The Kier molecular flexibility index (Phi) is 8.23. The predicted molar refractivity (Wildman–Crippen MR) is 73.7 cm³/mol. The van der Waals surface area contributed by atoms with Gasteiger partial charge in [-0.2, -0.15) is 0 Å². The Morgan fingerprint density at radius 1 is 1.24 bits per heavy atom. The topological polar surface area (TPSA) is 55.1 Å². The van der Waals surface area contributed by atoms with E-state index in [-0.39, 0.29) is 11.9 Å². The third kappa shape index (κ3) is 7.37. The second kappa shape index (κ2) is 8.51. The maximum atomic E-state index is 11.9. The van der Waals surface area contributed by atoms with E-state index in [0.29, 0.717) is 30.7 Å². The number of rotatable bonds is 8. The van der Waals surface area contributed by atoms with E-state index in [0.717, 1.165) is 12.8 Å². The van der Waals surface area contributed by atoms with Gasteiger partial charge in [-0.1, -0.05) is 41.0 Å². The number of amides is 1. The summed E-state index contributed by atoms with van der Waals surface area (Å²) < 4.78 is 0. The Morgan fingerprint density at radius 3 is 2.18 bits per heavy atom. The van der Waals surface area contributed by atoms with Crippen LogP contribution in [0, 0.1) is 17.8 Å². The summed E-state index contributed by atoms with van der Waals surface area (Å²) in [6.07, 6.45) is 2.64. The van der Waals surface area contributed by atoms with Gasteiger partial charge in [0.1, 0.15) is 0 Å². The Morgan fingerprint density at radius 2 is 1.82 bits per heavy atom. The molecule has 2 unspecified atom stereocenters. The number of hydrogen-bond acceptors (Lipinski definition) is 2. The molecule has 0 saturated carbocycles. The van der Waals surface area contributed by atoms with Gasteiger partial charge in [0.2, 0.25) is 5.91 Å². The molecule has 0 rings (SSSR count). The lowest BCUT2D eigenvalue weighted by Gasteiger charge is -2.22. The van der Waals surface area contributed by atoms with E-state index in [1.807, 2.05) is 0 Å². The van der Waals surface area contributed by atoms with Crippen LogP contribution in [-0.2, 0) is 4.79 Å². The summed E-state index contributed by atoms with van der Waals surface area (Å²) in [5.74, 6) is 1.76. The summed E-state index contributed by atoms with van der Waals surface area (Å²) in [7, 11) is 0. The van der Waals surface area contributed by atoms with Crippen LogP contribution in [0.2, 0.25) is 0 Å². The lowest BCUT2D eigenvalue weighted by molar-refractivity contribution is -0.123. The first kappa shape index (κ1) is 16.4. The van der Waals surface area contributed by atoms with Crippen molar-refractivity contribution < 1.29 is 4.79 Å². The summed E-state index contributed by atoms with van der Waals surface area (Å²) in [6.45, 7) is 11.3. The van der Waals surface area contributed by atoms with Crippen LogP contribution in [-0.4, -0.2) is 18.5 Å². The van der Waals surface area contributed by atoms with Crippen molar-refractivity contribution in [2.75, 3.05) is 6.54 Å². The van der Waals surface area contributed by atoms with E-state index in [1.54, 1.807) is 0 Å². The minimum atomic E-state index is 0.132. The van der Waals surface area contributed by atoms with Crippen LogP contribution in [0.4, 0.5) is 0 Å². The molecular formula is C14H30N2O. The van der Waals surface area contributed by atoms with Crippen molar-refractivity contribution >= 4 is 5.91 Å². The highest BCUT2D eigenvalue weighted by Crippen LogP contribution is 2.18. The van der Waals surface area contributed by atoms with Crippen molar-refractivity contribution in [3.8, 4) is 0 Å². The minimum absolute atomic E-state index is 0.132. The lowest BCUT2D eigenvalue weighted by Crippen LogP contribution is -2.41. The van der Waals surface area contributed by atoms with Crippen LogP contribution in [0.5, 0.6) is 0 Å². The average molecular weight is 242 g/mol. The highest BCUT2D eigenvalue weighted by molar-refractivity contribution is 5.76. The summed E-state index contributed by atoms with van der Waals surface area (Å²) in [5, 5.41) is 3.05. The molecular weight excluding hydrogens is 212 g/mol. The zero-order valence-corrected chi connectivity index (χ0v) is 12.1. The Hall–Kier alpha value is -0.570. The maximum absolute atomic E-state index is 11.9. The number of carbonyl (C=O) groups is 1. The lowest BCUT2D eigenvalue weighted by atomic mass is 9.89. The Bertz CT molecular complexity index is 214. The van der Waals surface area contributed by atoms with Crippen LogP contribution in [0.25, 0.3) is 0 Å². The first-order chi connectivity index (χ1) is 7.90. The minimum Gasteiger partial charge on any atom is -0.352 e. The smallest absolute Gasteiger partial charge is 0.220 e. The van der Waals surface area contributed by atoms with E-state index in [1.165, 1.54) is 0 Å². The molecule has 0 spiro atoms. The van der Waals surface area contributed by atoms with Gasteiger partial charge in [0.05, 0.1) is 0 Å². The van der Waals surface area contributed by atoms with E-state index < -0.39 is 0 Å². The molecule has 3 nitrogen and oxygen atoms in total. The molecule has 0 heterocycles. The van der Waals surface area contributed by atoms with Crippen molar-refractivity contribution in [2.45, 2.75) is 59.9 Å². The highest BCUT2D eigenvalue weighted by atomic mass is 16.1. The fraction of sp³-hybridized carbons (Fsp3) is 0.929. The number of nitrogens with two attached hydrogens (primary N) is 1. The fourth-order valence-corrected chi connectivity index (χ4v) is 2.16. The quantitative estimate of drug-likeness (QED) is 0.687. The van der Waals surface area contributed by atoms with Gasteiger partial charge in [0.25, 0.3) is 0 Å². The largest absolute Gasteiger partial charge is 0.352 e. The monoisotopic (exact) mass is 242 g/mol. The first-order valence-electron chi connectivity index (χ1n) is 6.90. The molecule has 17 heavy (non-hydrogen) atoms. The molecule has 0 aromatic rings. The number of carbonyl (C=O) groups excluding carboxylic acids is 1. The average Bonchev–Trinajstić information content (AvgIpc) is 2.23. The Balaban J connectivity index is 4.13. The molecule has 0 aromatic carbocycles. The van der Waals surface area contributed by atoms with Crippen molar-refractivity contribution in [1.82, 2.24) is 5.32 Å².